The molecule has 28 heavy (non-hydrogen) atoms. The van der Waals surface area contributed by atoms with Gasteiger partial charge in [0.25, 0.3) is 0 Å². The molecule has 0 atom stereocenters. The van der Waals surface area contributed by atoms with Crippen LogP contribution in [-0.2, 0) is 17.9 Å². The number of amides is 1. The van der Waals surface area contributed by atoms with Crippen molar-refractivity contribution < 1.29 is 9.53 Å². The van der Waals surface area contributed by atoms with E-state index < -0.39 is 0 Å². The fraction of sp³-hybridized carbons (Fsp3) is 0.375. The van der Waals surface area contributed by atoms with Gasteiger partial charge in [-0.2, -0.15) is 0 Å². The minimum atomic E-state index is -0.0818. The molecule has 1 heterocycles. The van der Waals surface area contributed by atoms with Crippen molar-refractivity contribution in [3.05, 3.63) is 71.3 Å². The lowest BCUT2D eigenvalue weighted by atomic mass is 10.0. The van der Waals surface area contributed by atoms with Crippen molar-refractivity contribution in [2.24, 2.45) is 0 Å². The van der Waals surface area contributed by atoms with Crippen molar-refractivity contribution in [1.29, 1.82) is 0 Å². The molecule has 2 aromatic rings. The molecule has 0 bridgehead atoms. The highest BCUT2D eigenvalue weighted by Crippen LogP contribution is 2.16. The number of nitrogens with zero attached hydrogens (tertiary/aromatic N) is 1. The van der Waals surface area contributed by atoms with E-state index in [0.717, 1.165) is 17.9 Å². The second-order valence-electron chi connectivity index (χ2n) is 7.16. The van der Waals surface area contributed by atoms with Gasteiger partial charge in [0.05, 0.1) is 6.61 Å². The van der Waals surface area contributed by atoms with Gasteiger partial charge in [0.15, 0.2) is 0 Å². The molecular weight excluding hydrogens is 348 g/mol. The Balaban J connectivity index is 1.52. The van der Waals surface area contributed by atoms with E-state index in [1.807, 2.05) is 43.3 Å². The average molecular weight is 379 g/mol. The summed E-state index contributed by atoms with van der Waals surface area (Å²) in [7, 11) is 0. The Labute approximate surface area is 168 Å². The first-order valence-corrected chi connectivity index (χ1v) is 10.2. The number of hydrogen-bond acceptors (Lipinski definition) is 3. The van der Waals surface area contributed by atoms with E-state index in [1.54, 1.807) is 6.08 Å². The molecule has 0 unspecified atom stereocenters. The Kier molecular flexibility index (Phi) is 7.68. The van der Waals surface area contributed by atoms with Crippen LogP contribution in [0.1, 0.15) is 42.9 Å². The quantitative estimate of drug-likeness (QED) is 0.692. The number of piperidine rings is 1. The lowest BCUT2D eigenvalue weighted by Gasteiger charge is -2.27. The molecule has 1 saturated heterocycles. The summed E-state index contributed by atoms with van der Waals surface area (Å²) in [5, 5.41) is 3.01. The minimum Gasteiger partial charge on any atom is -0.494 e. The Bertz CT molecular complexity index is 777. The molecular formula is C24H30N2O2. The number of benzene rings is 2. The molecule has 0 aliphatic carbocycles. The van der Waals surface area contributed by atoms with Gasteiger partial charge in [-0.05, 0) is 67.8 Å². The SMILES string of the molecule is CCOc1ccc(/C=C/C(=O)NCc2ccccc2CN2CCCCC2)cc1. The van der Waals surface area contributed by atoms with Gasteiger partial charge in [-0.25, -0.2) is 0 Å². The molecule has 0 spiro atoms. The maximum Gasteiger partial charge on any atom is 0.244 e. The topological polar surface area (TPSA) is 41.6 Å². The first kappa shape index (κ1) is 20.2. The molecule has 1 aliphatic rings. The summed E-state index contributed by atoms with van der Waals surface area (Å²) in [4.78, 5) is 14.7. The predicted molar refractivity (Wildman–Crippen MR) is 114 cm³/mol. The first-order valence-electron chi connectivity index (χ1n) is 10.2. The fourth-order valence-electron chi connectivity index (χ4n) is 3.50. The van der Waals surface area contributed by atoms with Gasteiger partial charge in [0.1, 0.15) is 5.75 Å². The van der Waals surface area contributed by atoms with E-state index in [1.165, 1.54) is 43.5 Å². The summed E-state index contributed by atoms with van der Waals surface area (Å²) in [6.07, 6.45) is 7.33. The normalized spacial score (nSPS) is 14.9. The number of carbonyl (C=O) groups is 1. The molecule has 0 radical (unpaired) electrons. The highest BCUT2D eigenvalue weighted by molar-refractivity contribution is 5.91. The van der Waals surface area contributed by atoms with E-state index >= 15 is 0 Å². The van der Waals surface area contributed by atoms with Crippen LogP contribution in [0, 0.1) is 0 Å². The predicted octanol–water partition coefficient (Wildman–Crippen LogP) is 4.40. The van der Waals surface area contributed by atoms with E-state index in [-0.39, 0.29) is 5.91 Å². The van der Waals surface area contributed by atoms with Gasteiger partial charge in [0.2, 0.25) is 5.91 Å². The van der Waals surface area contributed by atoms with E-state index in [9.17, 15) is 4.79 Å². The smallest absolute Gasteiger partial charge is 0.244 e. The second kappa shape index (κ2) is 10.7. The van der Waals surface area contributed by atoms with Gasteiger partial charge < -0.3 is 10.1 Å². The van der Waals surface area contributed by atoms with Crippen molar-refractivity contribution in [3.63, 3.8) is 0 Å². The molecule has 4 heteroatoms. The first-order chi connectivity index (χ1) is 13.7. The second-order valence-corrected chi connectivity index (χ2v) is 7.16. The van der Waals surface area contributed by atoms with E-state index in [4.69, 9.17) is 4.74 Å². The van der Waals surface area contributed by atoms with Crippen molar-refractivity contribution in [3.8, 4) is 5.75 Å². The summed E-state index contributed by atoms with van der Waals surface area (Å²) in [5.74, 6) is 0.760. The molecule has 0 saturated carbocycles. The lowest BCUT2D eigenvalue weighted by molar-refractivity contribution is -0.116. The van der Waals surface area contributed by atoms with Gasteiger partial charge in [-0.3, -0.25) is 9.69 Å². The standard InChI is InChI=1S/C24H30N2O2/c1-2-28-23-13-10-20(11-14-23)12-15-24(27)25-18-21-8-4-5-9-22(21)19-26-16-6-3-7-17-26/h4-5,8-15H,2-3,6-7,16-19H2,1H3,(H,25,27)/b15-12+. The maximum atomic E-state index is 12.2. The van der Waals surface area contributed by atoms with Crippen LogP contribution >= 0.6 is 0 Å². The minimum absolute atomic E-state index is 0.0818. The van der Waals surface area contributed by atoms with Crippen molar-refractivity contribution >= 4 is 12.0 Å². The zero-order chi connectivity index (χ0) is 19.6. The zero-order valence-corrected chi connectivity index (χ0v) is 16.7. The number of hydrogen-bond donors (Lipinski definition) is 1. The van der Waals surface area contributed by atoms with Crippen molar-refractivity contribution in [2.45, 2.75) is 39.3 Å². The van der Waals surface area contributed by atoms with Crippen LogP contribution in [0.15, 0.2) is 54.6 Å². The number of ether oxygens (including phenoxy) is 1. The number of likely N-dealkylation sites (tertiary alicyclic amines) is 1. The molecule has 1 N–H and O–H groups in total. The summed E-state index contributed by atoms with van der Waals surface area (Å²) in [6, 6.07) is 16.1. The van der Waals surface area contributed by atoms with Gasteiger partial charge in [0, 0.05) is 19.2 Å². The van der Waals surface area contributed by atoms with Crippen LogP contribution in [0.3, 0.4) is 0 Å². The van der Waals surface area contributed by atoms with Crippen LogP contribution in [-0.4, -0.2) is 30.5 Å². The molecule has 3 rings (SSSR count). The monoisotopic (exact) mass is 378 g/mol. The Hall–Kier alpha value is -2.59. The van der Waals surface area contributed by atoms with Crippen molar-refractivity contribution in [2.75, 3.05) is 19.7 Å². The highest BCUT2D eigenvalue weighted by atomic mass is 16.5. The van der Waals surface area contributed by atoms with Gasteiger partial charge in [-0.1, -0.05) is 42.8 Å². The van der Waals surface area contributed by atoms with Gasteiger partial charge >= 0.3 is 0 Å². The molecule has 1 aliphatic heterocycles. The molecule has 1 fully saturated rings. The molecule has 0 aromatic heterocycles. The summed E-state index contributed by atoms with van der Waals surface area (Å²) in [6.45, 7) is 6.47. The molecule has 1 amide bonds. The Morgan fingerprint density at radius 3 is 2.46 bits per heavy atom. The van der Waals surface area contributed by atoms with Crippen LogP contribution in [0.4, 0.5) is 0 Å². The lowest BCUT2D eigenvalue weighted by Crippen LogP contribution is -2.30. The third kappa shape index (κ3) is 6.24. The van der Waals surface area contributed by atoms with Crippen LogP contribution in [0.25, 0.3) is 6.08 Å². The third-order valence-corrected chi connectivity index (χ3v) is 5.03. The zero-order valence-electron chi connectivity index (χ0n) is 16.7. The number of nitrogens with one attached hydrogen (secondary N) is 1. The molecule has 4 nitrogen and oxygen atoms in total. The summed E-state index contributed by atoms with van der Waals surface area (Å²) < 4.78 is 5.43. The fourth-order valence-corrected chi connectivity index (χ4v) is 3.50. The third-order valence-electron chi connectivity index (χ3n) is 5.03. The van der Waals surface area contributed by atoms with Crippen LogP contribution in [0.2, 0.25) is 0 Å². The highest BCUT2D eigenvalue weighted by Gasteiger charge is 2.12. The summed E-state index contributed by atoms with van der Waals surface area (Å²) >= 11 is 0. The maximum absolute atomic E-state index is 12.2. The Morgan fingerprint density at radius 2 is 1.75 bits per heavy atom. The number of carbonyl (C=O) groups excluding carboxylic acids is 1. The largest absolute Gasteiger partial charge is 0.494 e. The van der Waals surface area contributed by atoms with Crippen LogP contribution in [0.5, 0.6) is 5.75 Å². The summed E-state index contributed by atoms with van der Waals surface area (Å²) in [5.41, 5.74) is 3.47. The van der Waals surface area contributed by atoms with E-state index in [0.29, 0.717) is 13.2 Å². The Morgan fingerprint density at radius 1 is 1.04 bits per heavy atom. The van der Waals surface area contributed by atoms with Crippen LogP contribution < -0.4 is 10.1 Å². The van der Waals surface area contributed by atoms with Crippen molar-refractivity contribution in [1.82, 2.24) is 10.2 Å². The molecule has 2 aromatic carbocycles. The van der Waals surface area contributed by atoms with Gasteiger partial charge in [-0.15, -0.1) is 0 Å². The number of rotatable bonds is 8. The van der Waals surface area contributed by atoms with E-state index in [2.05, 4.69) is 28.4 Å². The average Bonchev–Trinajstić information content (AvgIpc) is 2.73. The molecule has 148 valence electrons.